The molecule has 6 heteroatoms. The van der Waals surface area contributed by atoms with Crippen LogP contribution in [-0.2, 0) is 0 Å². The van der Waals surface area contributed by atoms with E-state index in [0.717, 1.165) is 5.69 Å². The monoisotopic (exact) mass is 243 g/mol. The third-order valence-electron chi connectivity index (χ3n) is 2.71. The standard InChI is InChI=1S/C12H10FN5/c1-7-5-10-16-17-12(18(10)6-15-7)11-8(13)3-2-4-9(11)14/h2-6H,14H2,1H3. The molecule has 18 heavy (non-hydrogen) atoms. The predicted octanol–water partition coefficient (Wildman–Crippen LogP) is 1.82. The molecule has 0 aliphatic carbocycles. The number of aromatic nitrogens is 4. The number of fused-ring (bicyclic) bond motifs is 1. The summed E-state index contributed by atoms with van der Waals surface area (Å²) >= 11 is 0. The van der Waals surface area contributed by atoms with Crippen molar-refractivity contribution in [3.8, 4) is 11.4 Å². The van der Waals surface area contributed by atoms with E-state index in [1.807, 2.05) is 6.92 Å². The molecule has 5 nitrogen and oxygen atoms in total. The summed E-state index contributed by atoms with van der Waals surface area (Å²) in [6.45, 7) is 1.85. The van der Waals surface area contributed by atoms with Crippen molar-refractivity contribution < 1.29 is 4.39 Å². The van der Waals surface area contributed by atoms with Crippen LogP contribution in [0.4, 0.5) is 10.1 Å². The van der Waals surface area contributed by atoms with Gasteiger partial charge in [-0.25, -0.2) is 9.37 Å². The number of anilines is 1. The first kappa shape index (κ1) is 10.6. The van der Waals surface area contributed by atoms with E-state index in [4.69, 9.17) is 5.73 Å². The van der Waals surface area contributed by atoms with Crippen molar-refractivity contribution in [1.29, 1.82) is 0 Å². The number of hydrogen-bond acceptors (Lipinski definition) is 4. The molecule has 0 fully saturated rings. The third kappa shape index (κ3) is 1.50. The van der Waals surface area contributed by atoms with Gasteiger partial charge in [0.2, 0.25) is 0 Å². The molecule has 0 saturated carbocycles. The first-order valence-corrected chi connectivity index (χ1v) is 5.38. The van der Waals surface area contributed by atoms with Crippen LogP contribution in [0.25, 0.3) is 17.0 Å². The Morgan fingerprint density at radius 2 is 2.11 bits per heavy atom. The molecule has 2 N–H and O–H groups in total. The molecule has 0 atom stereocenters. The molecule has 0 saturated heterocycles. The molecule has 0 spiro atoms. The van der Waals surface area contributed by atoms with Crippen molar-refractivity contribution in [2.75, 3.05) is 5.73 Å². The molecule has 90 valence electrons. The van der Waals surface area contributed by atoms with Crippen LogP contribution in [0.15, 0.2) is 30.6 Å². The number of nitrogens with zero attached hydrogens (tertiary/aromatic N) is 4. The summed E-state index contributed by atoms with van der Waals surface area (Å²) in [5.74, 6) is -0.0713. The first-order chi connectivity index (χ1) is 8.66. The molecule has 2 heterocycles. The lowest BCUT2D eigenvalue weighted by atomic mass is 10.1. The van der Waals surface area contributed by atoms with E-state index in [9.17, 15) is 4.39 Å². The van der Waals surface area contributed by atoms with Gasteiger partial charge in [0.25, 0.3) is 0 Å². The van der Waals surface area contributed by atoms with Crippen LogP contribution in [0.1, 0.15) is 5.69 Å². The zero-order chi connectivity index (χ0) is 12.7. The second kappa shape index (κ2) is 3.76. The van der Waals surface area contributed by atoms with Gasteiger partial charge in [0.15, 0.2) is 11.5 Å². The van der Waals surface area contributed by atoms with Crippen LogP contribution < -0.4 is 5.73 Å². The van der Waals surface area contributed by atoms with Gasteiger partial charge in [-0.1, -0.05) is 6.07 Å². The summed E-state index contributed by atoms with van der Waals surface area (Å²) in [6.07, 6.45) is 1.56. The van der Waals surface area contributed by atoms with Crippen LogP contribution in [0.5, 0.6) is 0 Å². The number of nitrogens with two attached hydrogens (primary N) is 1. The van der Waals surface area contributed by atoms with Crippen molar-refractivity contribution in [3.63, 3.8) is 0 Å². The third-order valence-corrected chi connectivity index (χ3v) is 2.71. The number of rotatable bonds is 1. The fraction of sp³-hybridized carbons (Fsp3) is 0.0833. The fourth-order valence-electron chi connectivity index (χ4n) is 1.84. The zero-order valence-electron chi connectivity index (χ0n) is 9.63. The summed E-state index contributed by atoms with van der Waals surface area (Å²) in [7, 11) is 0. The van der Waals surface area contributed by atoms with Gasteiger partial charge in [-0.3, -0.25) is 4.40 Å². The average Bonchev–Trinajstić information content (AvgIpc) is 2.72. The predicted molar refractivity (Wildman–Crippen MR) is 65.3 cm³/mol. The molecule has 0 unspecified atom stereocenters. The lowest BCUT2D eigenvalue weighted by molar-refractivity contribution is 0.630. The number of benzene rings is 1. The molecular formula is C12H10FN5. The molecule has 1 aromatic carbocycles. The van der Waals surface area contributed by atoms with Gasteiger partial charge < -0.3 is 5.73 Å². The lowest BCUT2D eigenvalue weighted by Crippen LogP contribution is -1.98. The summed E-state index contributed by atoms with van der Waals surface area (Å²) in [6, 6.07) is 6.29. The topological polar surface area (TPSA) is 69.1 Å². The number of hydrogen-bond donors (Lipinski definition) is 1. The highest BCUT2D eigenvalue weighted by atomic mass is 19.1. The van der Waals surface area contributed by atoms with Crippen LogP contribution in [0.3, 0.4) is 0 Å². The minimum atomic E-state index is -0.426. The quantitative estimate of drug-likeness (QED) is 0.662. The van der Waals surface area contributed by atoms with Gasteiger partial charge in [0.1, 0.15) is 12.1 Å². The lowest BCUT2D eigenvalue weighted by Gasteiger charge is -2.04. The Morgan fingerprint density at radius 1 is 1.28 bits per heavy atom. The first-order valence-electron chi connectivity index (χ1n) is 5.38. The molecular weight excluding hydrogens is 233 g/mol. The van der Waals surface area contributed by atoms with E-state index in [0.29, 0.717) is 17.2 Å². The number of aryl methyl sites for hydroxylation is 1. The van der Waals surface area contributed by atoms with E-state index in [-0.39, 0.29) is 5.56 Å². The van der Waals surface area contributed by atoms with Gasteiger partial charge >= 0.3 is 0 Å². The summed E-state index contributed by atoms with van der Waals surface area (Å²) in [4.78, 5) is 4.14. The van der Waals surface area contributed by atoms with Crippen LogP contribution >= 0.6 is 0 Å². The highest BCUT2D eigenvalue weighted by Crippen LogP contribution is 2.27. The SMILES string of the molecule is Cc1cc2nnc(-c3c(N)cccc3F)n2cn1. The summed E-state index contributed by atoms with van der Waals surface area (Å²) in [5.41, 5.74) is 7.80. The second-order valence-corrected chi connectivity index (χ2v) is 3.99. The van der Waals surface area contributed by atoms with Crippen LogP contribution in [-0.4, -0.2) is 19.6 Å². The maximum atomic E-state index is 13.8. The Kier molecular flexibility index (Phi) is 2.22. The molecule has 0 aliphatic heterocycles. The molecule has 0 radical (unpaired) electrons. The van der Waals surface area contributed by atoms with Crippen molar-refractivity contribution in [1.82, 2.24) is 19.6 Å². The van der Waals surface area contributed by atoms with Crippen molar-refractivity contribution >= 4 is 11.3 Å². The Morgan fingerprint density at radius 3 is 2.89 bits per heavy atom. The summed E-state index contributed by atoms with van der Waals surface area (Å²) < 4.78 is 15.5. The highest BCUT2D eigenvalue weighted by Gasteiger charge is 2.15. The van der Waals surface area contributed by atoms with E-state index < -0.39 is 5.82 Å². The van der Waals surface area contributed by atoms with Crippen molar-refractivity contribution in [3.05, 3.63) is 42.1 Å². The van der Waals surface area contributed by atoms with E-state index >= 15 is 0 Å². The van der Waals surface area contributed by atoms with Gasteiger partial charge in [-0.15, -0.1) is 10.2 Å². The Balaban J connectivity index is 2.32. The zero-order valence-corrected chi connectivity index (χ0v) is 9.63. The summed E-state index contributed by atoms with van der Waals surface area (Å²) in [5, 5.41) is 7.97. The van der Waals surface area contributed by atoms with Crippen LogP contribution in [0.2, 0.25) is 0 Å². The molecule has 3 aromatic rings. The van der Waals surface area contributed by atoms with E-state index in [1.165, 1.54) is 6.07 Å². The van der Waals surface area contributed by atoms with Gasteiger partial charge in [0.05, 0.1) is 5.56 Å². The van der Waals surface area contributed by atoms with E-state index in [2.05, 4.69) is 15.2 Å². The Bertz CT molecular complexity index is 714. The normalized spacial score (nSPS) is 11.0. The fourth-order valence-corrected chi connectivity index (χ4v) is 1.84. The largest absolute Gasteiger partial charge is 0.398 e. The number of nitrogen functional groups attached to an aromatic ring is 1. The van der Waals surface area contributed by atoms with Gasteiger partial charge in [0, 0.05) is 17.4 Å². The van der Waals surface area contributed by atoms with Gasteiger partial charge in [-0.2, -0.15) is 0 Å². The van der Waals surface area contributed by atoms with E-state index in [1.54, 1.807) is 28.9 Å². The average molecular weight is 243 g/mol. The molecule has 0 aliphatic rings. The minimum absolute atomic E-state index is 0.246. The Hall–Kier alpha value is -2.50. The van der Waals surface area contributed by atoms with Gasteiger partial charge in [-0.05, 0) is 19.1 Å². The second-order valence-electron chi connectivity index (χ2n) is 3.99. The minimum Gasteiger partial charge on any atom is -0.398 e. The van der Waals surface area contributed by atoms with Crippen molar-refractivity contribution in [2.24, 2.45) is 0 Å². The highest BCUT2D eigenvalue weighted by molar-refractivity contribution is 5.73. The molecule has 2 aromatic heterocycles. The maximum absolute atomic E-state index is 13.8. The van der Waals surface area contributed by atoms with Crippen LogP contribution in [0, 0.1) is 12.7 Å². The Labute approximate surface area is 102 Å². The maximum Gasteiger partial charge on any atom is 0.174 e. The molecule has 0 amide bonds. The molecule has 3 rings (SSSR count). The smallest absolute Gasteiger partial charge is 0.174 e. The van der Waals surface area contributed by atoms with Crippen molar-refractivity contribution in [2.45, 2.75) is 6.92 Å². The molecule has 0 bridgehead atoms. The number of halogens is 1.